The van der Waals surface area contributed by atoms with Gasteiger partial charge in [0.25, 0.3) is 0 Å². The van der Waals surface area contributed by atoms with Crippen LogP contribution in [0.2, 0.25) is 0 Å². The van der Waals surface area contributed by atoms with Gasteiger partial charge >= 0.3 is 0 Å². The molecule has 3 heteroatoms. The predicted molar refractivity (Wildman–Crippen MR) is 73.4 cm³/mol. The Morgan fingerprint density at radius 3 is 2.59 bits per heavy atom. The predicted octanol–water partition coefficient (Wildman–Crippen LogP) is 2.12. The minimum Gasteiger partial charge on any atom is -0.380 e. The van der Waals surface area contributed by atoms with Gasteiger partial charge in [0.05, 0.1) is 6.10 Å². The molecule has 17 heavy (non-hydrogen) atoms. The van der Waals surface area contributed by atoms with Crippen LogP contribution >= 0.6 is 0 Å². The summed E-state index contributed by atoms with van der Waals surface area (Å²) in [6.45, 7) is 14.7. The Bertz CT molecular complexity index is 225. The molecule has 1 fully saturated rings. The summed E-state index contributed by atoms with van der Waals surface area (Å²) < 4.78 is 5.40. The number of nitrogens with zero attached hydrogens (tertiary/aromatic N) is 1. The van der Waals surface area contributed by atoms with Crippen LogP contribution in [-0.2, 0) is 4.74 Å². The zero-order chi connectivity index (χ0) is 13.1. The lowest BCUT2D eigenvalue weighted by Gasteiger charge is -2.36. The van der Waals surface area contributed by atoms with Gasteiger partial charge in [-0.25, -0.2) is 0 Å². The van der Waals surface area contributed by atoms with Gasteiger partial charge in [-0.05, 0) is 32.2 Å². The first-order valence-electron chi connectivity index (χ1n) is 6.84. The van der Waals surface area contributed by atoms with Crippen LogP contribution in [0.25, 0.3) is 0 Å². The van der Waals surface area contributed by atoms with E-state index in [1.165, 1.54) is 6.42 Å². The molecule has 1 heterocycles. The first kappa shape index (κ1) is 14.9. The van der Waals surface area contributed by atoms with Gasteiger partial charge in [0.15, 0.2) is 0 Å². The summed E-state index contributed by atoms with van der Waals surface area (Å²) in [6, 6.07) is 1.21. The molecule has 1 N–H and O–H groups in total. The average Bonchev–Trinajstić information content (AvgIpc) is 2.41. The lowest BCUT2D eigenvalue weighted by molar-refractivity contribution is 0.0560. The summed E-state index contributed by atoms with van der Waals surface area (Å²) in [4.78, 5) is 2.57. The van der Waals surface area contributed by atoms with Crippen molar-refractivity contribution < 1.29 is 4.74 Å². The largest absolute Gasteiger partial charge is 0.380 e. The van der Waals surface area contributed by atoms with E-state index in [0.717, 1.165) is 19.6 Å². The fourth-order valence-corrected chi connectivity index (χ4v) is 2.37. The van der Waals surface area contributed by atoms with E-state index in [-0.39, 0.29) is 0 Å². The highest BCUT2D eigenvalue weighted by atomic mass is 16.5. The second-order valence-corrected chi connectivity index (χ2v) is 6.51. The highest BCUT2D eigenvalue weighted by Crippen LogP contribution is 2.23. The lowest BCUT2D eigenvalue weighted by atomic mass is 9.86. The number of hydrogen-bond donors (Lipinski definition) is 1. The Labute approximate surface area is 107 Å². The summed E-state index contributed by atoms with van der Waals surface area (Å²) in [5, 5.41) is 3.69. The molecule has 0 aromatic rings. The van der Waals surface area contributed by atoms with E-state index in [1.54, 1.807) is 7.11 Å². The SMILES string of the molecule is COC(C)CN1CC(C(C)(C)C)NCCC1C. The second kappa shape index (κ2) is 6.17. The zero-order valence-electron chi connectivity index (χ0n) is 12.4. The number of nitrogens with one attached hydrogen (secondary N) is 1. The smallest absolute Gasteiger partial charge is 0.0670 e. The summed E-state index contributed by atoms with van der Waals surface area (Å²) in [5.74, 6) is 0. The van der Waals surface area contributed by atoms with E-state index in [2.05, 4.69) is 44.8 Å². The molecular weight excluding hydrogens is 212 g/mol. The van der Waals surface area contributed by atoms with Crippen LogP contribution in [0, 0.1) is 5.41 Å². The Kier molecular flexibility index (Phi) is 5.42. The van der Waals surface area contributed by atoms with Crippen LogP contribution in [0.15, 0.2) is 0 Å². The van der Waals surface area contributed by atoms with Crippen molar-refractivity contribution in [2.75, 3.05) is 26.7 Å². The number of methoxy groups -OCH3 is 1. The van der Waals surface area contributed by atoms with Gasteiger partial charge in [-0.2, -0.15) is 0 Å². The fourth-order valence-electron chi connectivity index (χ4n) is 2.37. The standard InChI is InChI=1S/C14H30N2O/c1-11-7-8-15-13(14(3,4)5)10-16(11)9-12(2)17-6/h11-13,15H,7-10H2,1-6H3. The number of rotatable bonds is 3. The van der Waals surface area contributed by atoms with Gasteiger partial charge in [0.1, 0.15) is 0 Å². The van der Waals surface area contributed by atoms with Gasteiger partial charge in [0.2, 0.25) is 0 Å². The molecule has 0 bridgehead atoms. The highest BCUT2D eigenvalue weighted by molar-refractivity contribution is 4.88. The van der Waals surface area contributed by atoms with Crippen molar-refractivity contribution in [3.63, 3.8) is 0 Å². The van der Waals surface area contributed by atoms with Gasteiger partial charge < -0.3 is 10.1 Å². The van der Waals surface area contributed by atoms with Gasteiger partial charge in [0, 0.05) is 32.3 Å². The Hall–Kier alpha value is -0.120. The molecular formula is C14H30N2O. The van der Waals surface area contributed by atoms with Gasteiger partial charge in [-0.3, -0.25) is 4.90 Å². The van der Waals surface area contributed by atoms with E-state index < -0.39 is 0 Å². The molecule has 1 aliphatic rings. The molecule has 0 aromatic heterocycles. The number of hydrogen-bond acceptors (Lipinski definition) is 3. The third kappa shape index (κ3) is 4.57. The van der Waals surface area contributed by atoms with Crippen molar-refractivity contribution in [1.29, 1.82) is 0 Å². The van der Waals surface area contributed by atoms with E-state index >= 15 is 0 Å². The van der Waals surface area contributed by atoms with Crippen LogP contribution in [0.5, 0.6) is 0 Å². The molecule has 1 aliphatic heterocycles. The van der Waals surface area contributed by atoms with E-state index in [0.29, 0.717) is 23.6 Å². The monoisotopic (exact) mass is 242 g/mol. The molecule has 0 spiro atoms. The molecule has 3 nitrogen and oxygen atoms in total. The first-order valence-corrected chi connectivity index (χ1v) is 6.84. The molecule has 0 aromatic carbocycles. The summed E-state index contributed by atoms with van der Waals surface area (Å²) in [6.07, 6.45) is 1.54. The quantitative estimate of drug-likeness (QED) is 0.820. The van der Waals surface area contributed by atoms with Crippen molar-refractivity contribution in [3.8, 4) is 0 Å². The lowest BCUT2D eigenvalue weighted by Crippen LogP contribution is -2.48. The summed E-state index contributed by atoms with van der Waals surface area (Å²) >= 11 is 0. The molecule has 1 saturated heterocycles. The summed E-state index contributed by atoms with van der Waals surface area (Å²) in [5.41, 5.74) is 0.318. The van der Waals surface area contributed by atoms with Crippen molar-refractivity contribution >= 4 is 0 Å². The third-order valence-corrected chi connectivity index (χ3v) is 3.93. The highest BCUT2D eigenvalue weighted by Gasteiger charge is 2.30. The minimum atomic E-state index is 0.316. The molecule has 0 radical (unpaired) electrons. The molecule has 0 amide bonds. The maximum absolute atomic E-state index is 5.40. The first-order chi connectivity index (χ1) is 7.84. The minimum absolute atomic E-state index is 0.316. The van der Waals surface area contributed by atoms with Crippen LogP contribution < -0.4 is 5.32 Å². The average molecular weight is 242 g/mol. The molecule has 3 atom stereocenters. The zero-order valence-corrected chi connectivity index (χ0v) is 12.4. The summed E-state index contributed by atoms with van der Waals surface area (Å²) in [7, 11) is 1.80. The van der Waals surface area contributed by atoms with Crippen LogP contribution in [0.1, 0.15) is 41.0 Å². The maximum Gasteiger partial charge on any atom is 0.0670 e. The van der Waals surface area contributed by atoms with E-state index in [4.69, 9.17) is 4.74 Å². The van der Waals surface area contributed by atoms with Crippen molar-refractivity contribution in [3.05, 3.63) is 0 Å². The molecule has 102 valence electrons. The third-order valence-electron chi connectivity index (χ3n) is 3.93. The van der Waals surface area contributed by atoms with Crippen molar-refractivity contribution in [1.82, 2.24) is 10.2 Å². The fraction of sp³-hybridized carbons (Fsp3) is 1.00. The topological polar surface area (TPSA) is 24.5 Å². The normalized spacial score (nSPS) is 30.0. The second-order valence-electron chi connectivity index (χ2n) is 6.51. The van der Waals surface area contributed by atoms with Crippen LogP contribution in [0.4, 0.5) is 0 Å². The maximum atomic E-state index is 5.40. The van der Waals surface area contributed by atoms with Crippen LogP contribution in [-0.4, -0.2) is 49.8 Å². The van der Waals surface area contributed by atoms with Gasteiger partial charge in [-0.1, -0.05) is 20.8 Å². The van der Waals surface area contributed by atoms with Gasteiger partial charge in [-0.15, -0.1) is 0 Å². The molecule has 3 unspecified atom stereocenters. The molecule has 0 saturated carbocycles. The van der Waals surface area contributed by atoms with Crippen molar-refractivity contribution in [2.24, 2.45) is 5.41 Å². The molecule has 1 rings (SSSR count). The Balaban J connectivity index is 2.65. The molecule has 0 aliphatic carbocycles. The Morgan fingerprint density at radius 2 is 2.06 bits per heavy atom. The van der Waals surface area contributed by atoms with Crippen LogP contribution in [0.3, 0.4) is 0 Å². The Morgan fingerprint density at radius 1 is 1.41 bits per heavy atom. The number of ether oxygens (including phenoxy) is 1. The van der Waals surface area contributed by atoms with Crippen molar-refractivity contribution in [2.45, 2.75) is 59.2 Å². The van der Waals surface area contributed by atoms with E-state index in [9.17, 15) is 0 Å². The van der Waals surface area contributed by atoms with E-state index in [1.807, 2.05) is 0 Å².